The summed E-state index contributed by atoms with van der Waals surface area (Å²) in [5, 5.41) is 6.32. The fourth-order valence-electron chi connectivity index (χ4n) is 7.41. The molecule has 4 aliphatic rings. The van der Waals surface area contributed by atoms with Gasteiger partial charge in [0.25, 0.3) is 0 Å². The van der Waals surface area contributed by atoms with Crippen LogP contribution in [0.1, 0.15) is 62.1 Å². The molecule has 3 fully saturated rings. The van der Waals surface area contributed by atoms with E-state index >= 15 is 0 Å². The molecule has 2 saturated heterocycles. The summed E-state index contributed by atoms with van der Waals surface area (Å²) < 4.78 is 6.54. The molecule has 1 spiro atoms. The van der Waals surface area contributed by atoms with E-state index in [4.69, 9.17) is 4.74 Å². The maximum absolute atomic E-state index is 14.3. The SMILES string of the molecule is Cc1ccc(NC(=O)[C@@H]2[C@@H]3C=C[C@]4(O3)[C@@H]2C(=O)N([C@H](C)CCc2ccccc2)[C@H]4C(=O)NC2CCCCC2)cc1C. The molecule has 2 N–H and O–H groups in total. The van der Waals surface area contributed by atoms with E-state index in [2.05, 4.69) is 22.8 Å². The number of ether oxygens (including phenoxy) is 1. The van der Waals surface area contributed by atoms with Crippen LogP contribution in [0, 0.1) is 25.7 Å². The highest BCUT2D eigenvalue weighted by Crippen LogP contribution is 2.56. The number of amides is 3. The summed E-state index contributed by atoms with van der Waals surface area (Å²) in [6, 6.07) is 15.1. The van der Waals surface area contributed by atoms with E-state index < -0.39 is 29.6 Å². The molecule has 3 heterocycles. The summed E-state index contributed by atoms with van der Waals surface area (Å²) in [6.45, 7) is 6.05. The van der Waals surface area contributed by atoms with Crippen LogP contribution in [0.15, 0.2) is 60.7 Å². The van der Waals surface area contributed by atoms with E-state index in [1.807, 2.05) is 69.3 Å². The molecule has 216 valence electrons. The highest BCUT2D eigenvalue weighted by atomic mass is 16.5. The number of benzene rings is 2. The quantitative estimate of drug-likeness (QED) is 0.456. The second kappa shape index (κ2) is 11.1. The molecule has 2 bridgehead atoms. The van der Waals surface area contributed by atoms with Gasteiger partial charge in [-0.1, -0.05) is 67.8 Å². The summed E-state index contributed by atoms with van der Waals surface area (Å²) in [4.78, 5) is 44.0. The summed E-state index contributed by atoms with van der Waals surface area (Å²) in [5.74, 6) is -2.02. The predicted molar refractivity (Wildman–Crippen MR) is 158 cm³/mol. The van der Waals surface area contributed by atoms with Gasteiger partial charge in [-0.15, -0.1) is 0 Å². The summed E-state index contributed by atoms with van der Waals surface area (Å²) in [6.07, 6.45) is 10.0. The van der Waals surface area contributed by atoms with Crippen LogP contribution >= 0.6 is 0 Å². The predicted octanol–water partition coefficient (Wildman–Crippen LogP) is 4.86. The van der Waals surface area contributed by atoms with Crippen molar-refractivity contribution in [1.82, 2.24) is 10.2 Å². The van der Waals surface area contributed by atoms with E-state index in [-0.39, 0.29) is 29.8 Å². The largest absolute Gasteiger partial charge is 0.359 e. The van der Waals surface area contributed by atoms with Crippen molar-refractivity contribution in [3.05, 3.63) is 77.4 Å². The number of fused-ring (bicyclic) bond motifs is 1. The van der Waals surface area contributed by atoms with Crippen molar-refractivity contribution in [3.8, 4) is 0 Å². The highest BCUT2D eigenvalue weighted by Gasteiger charge is 2.73. The average Bonchev–Trinajstić information content (AvgIpc) is 3.62. The highest BCUT2D eigenvalue weighted by molar-refractivity contribution is 6.03. The summed E-state index contributed by atoms with van der Waals surface area (Å²) in [5.41, 5.74) is 2.97. The fourth-order valence-corrected chi connectivity index (χ4v) is 7.41. The van der Waals surface area contributed by atoms with Crippen LogP contribution in [-0.2, 0) is 25.5 Å². The van der Waals surface area contributed by atoms with E-state index in [9.17, 15) is 14.4 Å². The first-order valence-corrected chi connectivity index (χ1v) is 15.2. The molecule has 0 aromatic heterocycles. The smallest absolute Gasteiger partial charge is 0.246 e. The third-order valence-electron chi connectivity index (χ3n) is 9.76. The third-order valence-corrected chi connectivity index (χ3v) is 9.76. The first-order valence-electron chi connectivity index (χ1n) is 15.2. The number of nitrogens with one attached hydrogen (secondary N) is 2. The lowest BCUT2D eigenvalue weighted by molar-refractivity contribution is -0.143. The lowest BCUT2D eigenvalue weighted by Gasteiger charge is -2.36. The Bertz CT molecular complexity index is 1350. The second-order valence-electron chi connectivity index (χ2n) is 12.5. The molecule has 1 saturated carbocycles. The summed E-state index contributed by atoms with van der Waals surface area (Å²) >= 11 is 0. The van der Waals surface area contributed by atoms with Crippen molar-refractivity contribution in [2.45, 2.75) is 95.5 Å². The molecule has 6 atom stereocenters. The van der Waals surface area contributed by atoms with Crippen LogP contribution in [0.5, 0.6) is 0 Å². The number of carbonyl (C=O) groups excluding carboxylic acids is 3. The molecular formula is C34H41N3O4. The van der Waals surface area contributed by atoms with Crippen molar-refractivity contribution in [2.75, 3.05) is 5.32 Å². The van der Waals surface area contributed by atoms with E-state index in [0.717, 1.165) is 43.2 Å². The normalized spacial score (nSPS) is 29.4. The van der Waals surface area contributed by atoms with E-state index in [1.165, 1.54) is 12.0 Å². The molecular weight excluding hydrogens is 514 g/mol. The molecule has 41 heavy (non-hydrogen) atoms. The topological polar surface area (TPSA) is 87.7 Å². The molecule has 0 radical (unpaired) electrons. The van der Waals surface area contributed by atoms with E-state index in [1.54, 1.807) is 4.90 Å². The Hall–Kier alpha value is -3.45. The maximum atomic E-state index is 14.3. The lowest BCUT2D eigenvalue weighted by Crippen LogP contribution is -2.58. The number of likely N-dealkylation sites (tertiary alicyclic amines) is 1. The van der Waals surface area contributed by atoms with Crippen molar-refractivity contribution < 1.29 is 19.1 Å². The first kappa shape index (κ1) is 27.7. The van der Waals surface area contributed by atoms with Crippen LogP contribution in [-0.4, -0.2) is 52.5 Å². The Balaban J connectivity index is 1.29. The van der Waals surface area contributed by atoms with Crippen LogP contribution in [0.3, 0.4) is 0 Å². The molecule has 6 rings (SSSR count). The van der Waals surface area contributed by atoms with Gasteiger partial charge >= 0.3 is 0 Å². The standard InChI is InChI=1S/C34H41N3O4/c1-21-14-17-26(20-22(21)2)36-31(38)28-27-18-19-34(41-27)29(28)33(40)37(23(3)15-16-24-10-6-4-7-11-24)30(34)32(39)35-25-12-8-5-9-13-25/h4,6-7,10-11,14,17-20,23,25,27-30H,5,8-9,12-13,15-16H2,1-3H3,(H,35,39)(H,36,38)/t23-,27+,28-,29+,30+,34+/m1/s1. The molecule has 0 unspecified atom stereocenters. The van der Waals surface area contributed by atoms with Gasteiger partial charge in [-0.25, -0.2) is 0 Å². The fraction of sp³-hybridized carbons (Fsp3) is 0.500. The Kier molecular flexibility index (Phi) is 7.49. The molecule has 7 heteroatoms. The Labute approximate surface area is 242 Å². The van der Waals surface area contributed by atoms with Crippen molar-refractivity contribution >= 4 is 23.4 Å². The number of hydrogen-bond acceptors (Lipinski definition) is 4. The van der Waals surface area contributed by atoms with Gasteiger partial charge in [-0.05, 0) is 75.3 Å². The first-order chi connectivity index (χ1) is 19.8. The Morgan fingerprint density at radius 3 is 2.51 bits per heavy atom. The number of rotatable bonds is 8. The maximum Gasteiger partial charge on any atom is 0.246 e. The van der Waals surface area contributed by atoms with Crippen LogP contribution < -0.4 is 10.6 Å². The van der Waals surface area contributed by atoms with Crippen molar-refractivity contribution in [3.63, 3.8) is 0 Å². The minimum absolute atomic E-state index is 0.106. The van der Waals surface area contributed by atoms with Gasteiger partial charge in [0.1, 0.15) is 11.6 Å². The zero-order valence-corrected chi connectivity index (χ0v) is 24.3. The molecule has 3 amide bonds. The van der Waals surface area contributed by atoms with Gasteiger partial charge in [-0.2, -0.15) is 0 Å². The number of anilines is 1. The Morgan fingerprint density at radius 2 is 1.78 bits per heavy atom. The van der Waals surface area contributed by atoms with Gasteiger partial charge in [0.2, 0.25) is 17.7 Å². The molecule has 7 nitrogen and oxygen atoms in total. The summed E-state index contributed by atoms with van der Waals surface area (Å²) in [7, 11) is 0. The number of carbonyl (C=O) groups is 3. The monoisotopic (exact) mass is 555 g/mol. The van der Waals surface area contributed by atoms with Gasteiger partial charge in [0.15, 0.2) is 0 Å². The van der Waals surface area contributed by atoms with Crippen LogP contribution in [0.25, 0.3) is 0 Å². The number of nitrogens with zero attached hydrogens (tertiary/aromatic N) is 1. The zero-order valence-electron chi connectivity index (χ0n) is 24.3. The van der Waals surface area contributed by atoms with Crippen molar-refractivity contribution in [1.29, 1.82) is 0 Å². The Morgan fingerprint density at radius 1 is 1.02 bits per heavy atom. The second-order valence-corrected chi connectivity index (χ2v) is 12.5. The molecule has 3 aliphatic heterocycles. The van der Waals surface area contributed by atoms with Gasteiger partial charge in [-0.3, -0.25) is 14.4 Å². The minimum Gasteiger partial charge on any atom is -0.359 e. The van der Waals surface area contributed by atoms with Gasteiger partial charge in [0.05, 0.1) is 17.9 Å². The van der Waals surface area contributed by atoms with E-state index in [0.29, 0.717) is 12.1 Å². The van der Waals surface area contributed by atoms with Crippen molar-refractivity contribution in [2.24, 2.45) is 11.8 Å². The number of hydrogen-bond donors (Lipinski definition) is 2. The van der Waals surface area contributed by atoms with Crippen LogP contribution in [0.4, 0.5) is 5.69 Å². The molecule has 1 aliphatic carbocycles. The zero-order chi connectivity index (χ0) is 28.7. The lowest BCUT2D eigenvalue weighted by atomic mass is 9.74. The number of aryl methyl sites for hydroxylation is 3. The molecule has 2 aromatic rings. The van der Waals surface area contributed by atoms with Crippen LogP contribution in [0.2, 0.25) is 0 Å². The third kappa shape index (κ3) is 4.99. The van der Waals surface area contributed by atoms with Gasteiger partial charge in [0, 0.05) is 17.8 Å². The average molecular weight is 556 g/mol. The molecule has 2 aromatic carbocycles. The minimum atomic E-state index is -1.15. The van der Waals surface area contributed by atoms with Gasteiger partial charge < -0.3 is 20.3 Å².